The van der Waals surface area contributed by atoms with E-state index in [1.54, 1.807) is 36.6 Å². The van der Waals surface area contributed by atoms with Gasteiger partial charge in [0.25, 0.3) is 0 Å². The van der Waals surface area contributed by atoms with Gasteiger partial charge in [-0.2, -0.15) is 0 Å². The SMILES string of the molecule is C=CCn1c(SCC(=O)N(C)Cc2ccco2)nnc1-c1ccoc1C. The van der Waals surface area contributed by atoms with Gasteiger partial charge in [-0.1, -0.05) is 17.8 Å². The summed E-state index contributed by atoms with van der Waals surface area (Å²) < 4.78 is 12.6. The van der Waals surface area contributed by atoms with Crippen LogP contribution in [0.25, 0.3) is 11.4 Å². The molecule has 0 aliphatic rings. The van der Waals surface area contributed by atoms with Crippen molar-refractivity contribution in [3.05, 3.63) is 54.9 Å². The predicted molar refractivity (Wildman–Crippen MR) is 98.6 cm³/mol. The number of carbonyl (C=O) groups is 1. The number of amides is 1. The molecule has 3 aromatic heterocycles. The lowest BCUT2D eigenvalue weighted by atomic mass is 10.2. The Balaban J connectivity index is 1.69. The Labute approximate surface area is 155 Å². The van der Waals surface area contributed by atoms with E-state index >= 15 is 0 Å². The van der Waals surface area contributed by atoms with Crippen LogP contribution in [0, 0.1) is 6.92 Å². The third-order valence-corrected chi connectivity index (χ3v) is 4.80. The summed E-state index contributed by atoms with van der Waals surface area (Å²) in [4.78, 5) is 14.0. The minimum absolute atomic E-state index is 0.0133. The van der Waals surface area contributed by atoms with E-state index in [0.29, 0.717) is 24.1 Å². The summed E-state index contributed by atoms with van der Waals surface area (Å²) in [6, 6.07) is 5.51. The number of thioether (sulfide) groups is 1. The third-order valence-electron chi connectivity index (χ3n) is 3.85. The maximum Gasteiger partial charge on any atom is 0.233 e. The molecule has 1 amide bonds. The highest BCUT2D eigenvalue weighted by atomic mass is 32.2. The summed E-state index contributed by atoms with van der Waals surface area (Å²) in [5, 5.41) is 9.17. The van der Waals surface area contributed by atoms with Crippen LogP contribution in [0.3, 0.4) is 0 Å². The lowest BCUT2D eigenvalue weighted by Crippen LogP contribution is -2.27. The van der Waals surface area contributed by atoms with E-state index in [0.717, 1.165) is 17.1 Å². The van der Waals surface area contributed by atoms with Crippen LogP contribution in [0.1, 0.15) is 11.5 Å². The van der Waals surface area contributed by atoms with Gasteiger partial charge in [-0.3, -0.25) is 9.36 Å². The first-order valence-electron chi connectivity index (χ1n) is 8.08. The molecule has 3 rings (SSSR count). The number of furan rings is 2. The van der Waals surface area contributed by atoms with Crippen molar-refractivity contribution in [3.63, 3.8) is 0 Å². The number of carbonyl (C=O) groups excluding carboxylic acids is 1. The van der Waals surface area contributed by atoms with Crippen molar-refractivity contribution >= 4 is 17.7 Å². The first-order chi connectivity index (χ1) is 12.6. The zero-order valence-corrected chi connectivity index (χ0v) is 15.5. The lowest BCUT2D eigenvalue weighted by Gasteiger charge is -2.15. The molecule has 0 fully saturated rings. The van der Waals surface area contributed by atoms with E-state index in [1.165, 1.54) is 11.8 Å². The van der Waals surface area contributed by atoms with Gasteiger partial charge >= 0.3 is 0 Å². The highest BCUT2D eigenvalue weighted by Crippen LogP contribution is 2.27. The molecule has 0 saturated heterocycles. The molecule has 136 valence electrons. The second-order valence-corrected chi connectivity index (χ2v) is 6.66. The number of nitrogens with zero attached hydrogens (tertiary/aromatic N) is 4. The summed E-state index contributed by atoms with van der Waals surface area (Å²) in [5.74, 6) is 2.47. The highest BCUT2D eigenvalue weighted by Gasteiger charge is 2.18. The molecular formula is C18H20N4O3S. The molecule has 0 N–H and O–H groups in total. The second-order valence-electron chi connectivity index (χ2n) is 5.71. The van der Waals surface area contributed by atoms with Crippen LogP contribution in [-0.4, -0.2) is 38.4 Å². The molecule has 0 aliphatic carbocycles. The summed E-state index contributed by atoms with van der Waals surface area (Å²) in [7, 11) is 1.75. The zero-order valence-electron chi connectivity index (χ0n) is 14.7. The molecule has 26 heavy (non-hydrogen) atoms. The number of aromatic nitrogens is 3. The Kier molecular flexibility index (Phi) is 5.62. The van der Waals surface area contributed by atoms with Crippen LogP contribution in [0.15, 0.2) is 57.4 Å². The summed E-state index contributed by atoms with van der Waals surface area (Å²) in [6.45, 7) is 6.65. The van der Waals surface area contributed by atoms with Crippen molar-refractivity contribution in [1.29, 1.82) is 0 Å². The van der Waals surface area contributed by atoms with Gasteiger partial charge in [0.05, 0.1) is 30.4 Å². The van der Waals surface area contributed by atoms with E-state index in [-0.39, 0.29) is 11.7 Å². The number of aryl methyl sites for hydroxylation is 1. The summed E-state index contributed by atoms with van der Waals surface area (Å²) >= 11 is 1.35. The fourth-order valence-corrected chi connectivity index (χ4v) is 3.35. The van der Waals surface area contributed by atoms with Crippen LogP contribution < -0.4 is 0 Å². The first kappa shape index (κ1) is 18.1. The maximum absolute atomic E-state index is 12.4. The number of allylic oxidation sites excluding steroid dienone is 1. The van der Waals surface area contributed by atoms with Crippen molar-refractivity contribution in [1.82, 2.24) is 19.7 Å². The van der Waals surface area contributed by atoms with Gasteiger partial charge in [-0.15, -0.1) is 16.8 Å². The van der Waals surface area contributed by atoms with Crippen LogP contribution in [0.5, 0.6) is 0 Å². The normalized spacial score (nSPS) is 10.8. The molecule has 0 bridgehead atoms. The molecule has 3 heterocycles. The maximum atomic E-state index is 12.4. The van der Waals surface area contributed by atoms with Crippen molar-refractivity contribution in [2.75, 3.05) is 12.8 Å². The van der Waals surface area contributed by atoms with E-state index in [9.17, 15) is 4.79 Å². The van der Waals surface area contributed by atoms with Gasteiger partial charge in [-0.25, -0.2) is 0 Å². The van der Waals surface area contributed by atoms with Gasteiger partial charge in [0, 0.05) is 13.6 Å². The number of hydrogen-bond donors (Lipinski definition) is 0. The fraction of sp³-hybridized carbons (Fsp3) is 0.278. The minimum atomic E-state index is -0.0133. The Hall–Kier alpha value is -2.74. The first-order valence-corrected chi connectivity index (χ1v) is 9.06. The van der Waals surface area contributed by atoms with Crippen molar-refractivity contribution in [2.45, 2.75) is 25.2 Å². The van der Waals surface area contributed by atoms with Gasteiger partial charge < -0.3 is 13.7 Å². The van der Waals surface area contributed by atoms with Crippen molar-refractivity contribution in [2.24, 2.45) is 0 Å². The Morgan fingerprint density at radius 2 is 2.19 bits per heavy atom. The topological polar surface area (TPSA) is 77.3 Å². The molecule has 0 unspecified atom stereocenters. The minimum Gasteiger partial charge on any atom is -0.469 e. The molecule has 8 heteroatoms. The number of rotatable bonds is 8. The fourth-order valence-electron chi connectivity index (χ4n) is 2.47. The van der Waals surface area contributed by atoms with E-state index in [1.807, 2.05) is 23.6 Å². The van der Waals surface area contributed by atoms with E-state index in [4.69, 9.17) is 8.83 Å². The second kappa shape index (κ2) is 8.09. The van der Waals surface area contributed by atoms with Crippen LogP contribution in [0.2, 0.25) is 0 Å². The van der Waals surface area contributed by atoms with E-state index < -0.39 is 0 Å². The van der Waals surface area contributed by atoms with Crippen molar-refractivity contribution < 1.29 is 13.6 Å². The van der Waals surface area contributed by atoms with Gasteiger partial charge in [0.15, 0.2) is 11.0 Å². The molecule has 7 nitrogen and oxygen atoms in total. The monoisotopic (exact) mass is 372 g/mol. The molecule has 3 aromatic rings. The van der Waals surface area contributed by atoms with E-state index in [2.05, 4.69) is 16.8 Å². The Bertz CT molecular complexity index is 882. The molecule has 0 saturated carbocycles. The summed E-state index contributed by atoms with van der Waals surface area (Å²) in [5.41, 5.74) is 0.882. The standard InChI is InChI=1S/C18H20N4O3S/c1-4-8-22-17(15-7-10-24-13(15)2)19-20-18(22)26-12-16(23)21(3)11-14-6-5-9-25-14/h4-7,9-10H,1,8,11-12H2,2-3H3. The summed E-state index contributed by atoms with van der Waals surface area (Å²) in [6.07, 6.45) is 4.99. The van der Waals surface area contributed by atoms with Crippen molar-refractivity contribution in [3.8, 4) is 11.4 Å². The largest absolute Gasteiger partial charge is 0.469 e. The smallest absolute Gasteiger partial charge is 0.233 e. The predicted octanol–water partition coefficient (Wildman–Crippen LogP) is 3.38. The average Bonchev–Trinajstić information content (AvgIpc) is 3.35. The molecule has 0 spiro atoms. The highest BCUT2D eigenvalue weighted by molar-refractivity contribution is 7.99. The average molecular weight is 372 g/mol. The van der Waals surface area contributed by atoms with Crippen LogP contribution in [-0.2, 0) is 17.9 Å². The molecule has 0 aliphatic heterocycles. The Morgan fingerprint density at radius 1 is 1.35 bits per heavy atom. The Morgan fingerprint density at radius 3 is 2.85 bits per heavy atom. The van der Waals surface area contributed by atoms with Gasteiger partial charge in [0.2, 0.25) is 5.91 Å². The third kappa shape index (κ3) is 3.91. The quantitative estimate of drug-likeness (QED) is 0.446. The van der Waals surface area contributed by atoms with Crippen LogP contribution in [0.4, 0.5) is 0 Å². The molecule has 0 radical (unpaired) electrons. The number of hydrogen-bond acceptors (Lipinski definition) is 6. The molecule has 0 aromatic carbocycles. The van der Waals surface area contributed by atoms with Gasteiger partial charge in [-0.05, 0) is 25.1 Å². The van der Waals surface area contributed by atoms with Gasteiger partial charge in [0.1, 0.15) is 11.5 Å². The van der Waals surface area contributed by atoms with Crippen LogP contribution >= 0.6 is 11.8 Å². The zero-order chi connectivity index (χ0) is 18.5. The molecular weight excluding hydrogens is 352 g/mol. The lowest BCUT2D eigenvalue weighted by molar-refractivity contribution is -0.127. The molecule has 0 atom stereocenters.